The first-order valence-corrected chi connectivity index (χ1v) is 20.9. The number of piperidine rings is 3. The topological polar surface area (TPSA) is 149 Å². The minimum absolute atomic E-state index is 0.00906. The lowest BCUT2D eigenvalue weighted by Crippen LogP contribution is -2.47. The van der Waals surface area contributed by atoms with Crippen molar-refractivity contribution < 1.29 is 32.7 Å². The van der Waals surface area contributed by atoms with Crippen LogP contribution in [0.1, 0.15) is 82.1 Å². The summed E-state index contributed by atoms with van der Waals surface area (Å²) in [4.78, 5) is 64.2. The summed E-state index contributed by atoms with van der Waals surface area (Å²) < 4.78 is 35.4. The molecular formula is C43H52F2N8O5. The van der Waals surface area contributed by atoms with E-state index in [-0.39, 0.29) is 53.5 Å². The molecule has 2 aromatic carbocycles. The van der Waals surface area contributed by atoms with E-state index in [0.29, 0.717) is 53.9 Å². The summed E-state index contributed by atoms with van der Waals surface area (Å²) in [5, 5.41) is 8.77. The van der Waals surface area contributed by atoms with Gasteiger partial charge in [-0.05, 0) is 119 Å². The number of nitrogens with zero attached hydrogens (tertiary/aromatic N) is 5. The predicted molar refractivity (Wildman–Crippen MR) is 214 cm³/mol. The van der Waals surface area contributed by atoms with Gasteiger partial charge in [0.1, 0.15) is 17.6 Å². The SMILES string of the molecule is O=C1CC[C@H](Nc2ccc(C3CCN(CC4CCN(C(=O)[C@H]5CC[C@H](Nc6ncc(F)c(-c7cccc(N8CCCOC8=O)c7)n6)CC5)CC4)CC3)c(F)c2)C(=O)N1. The molecule has 5 aliphatic rings. The summed E-state index contributed by atoms with van der Waals surface area (Å²) in [6, 6.07) is 11.7. The Kier molecular flexibility index (Phi) is 12.1. The number of benzene rings is 2. The van der Waals surface area contributed by atoms with E-state index in [1.54, 1.807) is 29.2 Å². The molecule has 5 fully saturated rings. The molecule has 8 rings (SSSR count). The molecule has 1 aromatic heterocycles. The lowest BCUT2D eigenvalue weighted by molar-refractivity contribution is -0.138. The highest BCUT2D eigenvalue weighted by atomic mass is 19.1. The van der Waals surface area contributed by atoms with Crippen molar-refractivity contribution >= 4 is 41.1 Å². The number of hydrogen-bond acceptors (Lipinski definition) is 10. The number of halogens is 2. The lowest BCUT2D eigenvalue weighted by Gasteiger charge is -2.39. The Bertz CT molecular complexity index is 1990. The Hall–Kier alpha value is -5.18. The summed E-state index contributed by atoms with van der Waals surface area (Å²) >= 11 is 0. The van der Waals surface area contributed by atoms with E-state index >= 15 is 4.39 Å². The van der Waals surface area contributed by atoms with E-state index in [1.807, 2.05) is 12.1 Å². The number of carbonyl (C=O) groups excluding carboxylic acids is 4. The summed E-state index contributed by atoms with van der Waals surface area (Å²) in [5.74, 6) is -0.231. The van der Waals surface area contributed by atoms with E-state index in [0.717, 1.165) is 90.5 Å². The smallest absolute Gasteiger partial charge is 0.414 e. The molecule has 4 amide bonds. The fourth-order valence-corrected chi connectivity index (χ4v) is 9.28. The van der Waals surface area contributed by atoms with Gasteiger partial charge < -0.3 is 25.2 Å². The first-order valence-electron chi connectivity index (χ1n) is 20.9. The molecule has 0 bridgehead atoms. The highest BCUT2D eigenvalue weighted by Gasteiger charge is 2.33. The van der Waals surface area contributed by atoms with Gasteiger partial charge in [-0.2, -0.15) is 0 Å². The molecule has 0 unspecified atom stereocenters. The number of anilines is 3. The van der Waals surface area contributed by atoms with Gasteiger partial charge in [0.2, 0.25) is 23.7 Å². The number of hydrogen-bond donors (Lipinski definition) is 3. The molecule has 0 radical (unpaired) electrons. The van der Waals surface area contributed by atoms with Gasteiger partial charge in [0, 0.05) is 61.5 Å². The lowest BCUT2D eigenvalue weighted by atomic mass is 9.84. The van der Waals surface area contributed by atoms with E-state index in [2.05, 4.69) is 35.7 Å². The molecule has 0 spiro atoms. The molecule has 1 aliphatic carbocycles. The van der Waals surface area contributed by atoms with Gasteiger partial charge in [0.15, 0.2) is 5.82 Å². The number of imide groups is 1. The second kappa shape index (κ2) is 17.8. The van der Waals surface area contributed by atoms with E-state index in [4.69, 9.17) is 4.74 Å². The highest BCUT2D eigenvalue weighted by molar-refractivity contribution is 6.01. The second-order valence-electron chi connectivity index (χ2n) is 16.5. The number of cyclic esters (lactones) is 1. The van der Waals surface area contributed by atoms with Crippen LogP contribution in [0.3, 0.4) is 0 Å². The molecule has 13 nitrogen and oxygen atoms in total. The molecular weight excluding hydrogens is 747 g/mol. The number of aromatic nitrogens is 2. The van der Waals surface area contributed by atoms with Crippen molar-refractivity contribution in [2.45, 2.75) is 88.6 Å². The predicted octanol–water partition coefficient (Wildman–Crippen LogP) is 6.07. The Morgan fingerprint density at radius 2 is 1.66 bits per heavy atom. The van der Waals surface area contributed by atoms with Gasteiger partial charge in [0.25, 0.3) is 0 Å². The molecule has 3 aromatic rings. The number of likely N-dealkylation sites (tertiary alicyclic amines) is 2. The molecule has 3 N–H and O–H groups in total. The monoisotopic (exact) mass is 798 g/mol. The molecule has 4 aliphatic heterocycles. The average molecular weight is 799 g/mol. The molecule has 4 saturated heterocycles. The fraction of sp³-hybridized carbons (Fsp3) is 0.535. The van der Waals surface area contributed by atoms with Crippen LogP contribution in [0.5, 0.6) is 0 Å². The Labute approximate surface area is 337 Å². The van der Waals surface area contributed by atoms with Crippen LogP contribution in [0, 0.1) is 23.5 Å². The largest absolute Gasteiger partial charge is 0.449 e. The van der Waals surface area contributed by atoms with Crippen molar-refractivity contribution in [1.82, 2.24) is 25.1 Å². The van der Waals surface area contributed by atoms with Crippen molar-refractivity contribution in [2.24, 2.45) is 11.8 Å². The standard InChI is InChI=1S/C43H52F2N8O5/c44-35-24-32(47-37-11-12-38(54)49-40(37)55)9-10-34(35)28-15-18-51(19-16-28)26-27-13-20-52(21-14-27)41(56)29-5-7-31(8-6-29)48-42-46-25-36(45)39(50-42)30-3-1-4-33(23-30)53-17-2-22-58-43(53)57/h1,3-4,9-10,23-25,27-29,31,37,47H,2,5-8,11-22,26H2,(H,46,48,50)(H,49,54,55)/t29-,31-,37-/m0/s1. The molecule has 58 heavy (non-hydrogen) atoms. The molecule has 15 heteroatoms. The fourth-order valence-electron chi connectivity index (χ4n) is 9.28. The van der Waals surface area contributed by atoms with E-state index in [1.165, 1.54) is 12.3 Å². The quantitative estimate of drug-likeness (QED) is 0.206. The maximum atomic E-state index is 15.2. The zero-order valence-electron chi connectivity index (χ0n) is 32.8. The third kappa shape index (κ3) is 9.24. The van der Waals surface area contributed by atoms with E-state index < -0.39 is 18.0 Å². The Balaban J connectivity index is 0.755. The van der Waals surface area contributed by atoms with Crippen LogP contribution in [0.15, 0.2) is 48.7 Å². The maximum absolute atomic E-state index is 15.2. The maximum Gasteiger partial charge on any atom is 0.414 e. The number of nitrogens with one attached hydrogen (secondary N) is 3. The zero-order chi connectivity index (χ0) is 40.2. The molecule has 308 valence electrons. The Morgan fingerprint density at radius 3 is 2.40 bits per heavy atom. The van der Waals surface area contributed by atoms with Crippen LogP contribution in [-0.4, -0.2) is 102 Å². The van der Waals surface area contributed by atoms with Crippen molar-refractivity contribution in [3.8, 4) is 11.3 Å². The summed E-state index contributed by atoms with van der Waals surface area (Å²) in [6.07, 6.45) is 8.98. The zero-order valence-corrected chi connectivity index (χ0v) is 32.8. The molecule has 1 atom stereocenters. The highest BCUT2D eigenvalue weighted by Crippen LogP contribution is 2.34. The summed E-state index contributed by atoms with van der Waals surface area (Å²) in [5.41, 5.74) is 2.58. The first kappa shape index (κ1) is 39.6. The van der Waals surface area contributed by atoms with Gasteiger partial charge >= 0.3 is 6.09 Å². The first-order chi connectivity index (χ1) is 28.2. The van der Waals surface area contributed by atoms with Gasteiger partial charge in [-0.3, -0.25) is 24.6 Å². The number of amides is 4. The minimum Gasteiger partial charge on any atom is -0.449 e. The van der Waals surface area contributed by atoms with Crippen LogP contribution in [0.2, 0.25) is 0 Å². The second-order valence-corrected chi connectivity index (χ2v) is 16.5. The number of ether oxygens (including phenoxy) is 1. The van der Waals surface area contributed by atoms with Crippen LogP contribution in [-0.2, 0) is 19.1 Å². The third-order valence-electron chi connectivity index (χ3n) is 12.6. The van der Waals surface area contributed by atoms with Gasteiger partial charge in [-0.1, -0.05) is 18.2 Å². The summed E-state index contributed by atoms with van der Waals surface area (Å²) in [6.45, 7) is 5.28. The van der Waals surface area contributed by atoms with Gasteiger partial charge in [-0.25, -0.2) is 23.5 Å². The molecule has 1 saturated carbocycles. The van der Waals surface area contributed by atoms with Gasteiger partial charge in [0.05, 0.1) is 12.8 Å². The normalized spacial score (nSPS) is 24.0. The van der Waals surface area contributed by atoms with Crippen LogP contribution in [0.25, 0.3) is 11.3 Å². The van der Waals surface area contributed by atoms with Crippen molar-refractivity contribution in [2.75, 3.05) is 61.4 Å². The number of rotatable bonds is 10. The van der Waals surface area contributed by atoms with E-state index in [9.17, 15) is 23.6 Å². The minimum atomic E-state index is -0.550. The van der Waals surface area contributed by atoms with Crippen molar-refractivity contribution in [1.29, 1.82) is 0 Å². The van der Waals surface area contributed by atoms with Gasteiger partial charge in [-0.15, -0.1) is 0 Å². The van der Waals surface area contributed by atoms with Crippen LogP contribution in [0.4, 0.5) is 30.9 Å². The summed E-state index contributed by atoms with van der Waals surface area (Å²) in [7, 11) is 0. The Morgan fingerprint density at radius 1 is 0.862 bits per heavy atom. The van der Waals surface area contributed by atoms with Crippen LogP contribution >= 0.6 is 0 Å². The van der Waals surface area contributed by atoms with Crippen LogP contribution < -0.4 is 20.9 Å². The van der Waals surface area contributed by atoms with Crippen molar-refractivity contribution in [3.05, 3.63) is 65.9 Å². The average Bonchev–Trinajstić information content (AvgIpc) is 3.23. The molecule has 5 heterocycles. The number of carbonyl (C=O) groups is 4. The third-order valence-corrected chi connectivity index (χ3v) is 12.6. The van der Waals surface area contributed by atoms with Crippen molar-refractivity contribution in [3.63, 3.8) is 0 Å².